The minimum absolute atomic E-state index is 0.0855. The second-order valence-corrected chi connectivity index (χ2v) is 6.44. The maximum atomic E-state index is 12.6. The van der Waals surface area contributed by atoms with Crippen molar-refractivity contribution in [3.63, 3.8) is 0 Å². The summed E-state index contributed by atoms with van der Waals surface area (Å²) in [6.07, 6.45) is -0.339. The van der Waals surface area contributed by atoms with Gasteiger partial charge in [0.2, 0.25) is 11.8 Å². The van der Waals surface area contributed by atoms with Crippen LogP contribution in [0.4, 0.5) is 4.79 Å². The first-order chi connectivity index (χ1) is 11.5. The van der Waals surface area contributed by atoms with Crippen LogP contribution in [0.1, 0.15) is 18.0 Å². The van der Waals surface area contributed by atoms with Crippen LogP contribution in [0.15, 0.2) is 24.3 Å². The van der Waals surface area contributed by atoms with Crippen LogP contribution < -0.4 is 10.6 Å². The molecule has 2 fully saturated rings. The summed E-state index contributed by atoms with van der Waals surface area (Å²) in [4.78, 5) is 37.2. The number of nitrogens with one attached hydrogen (secondary N) is 2. The van der Waals surface area contributed by atoms with Gasteiger partial charge in [0.1, 0.15) is 6.61 Å². The average Bonchev–Trinajstić information content (AvgIpc) is 3.09. The van der Waals surface area contributed by atoms with Crippen molar-refractivity contribution in [2.24, 2.45) is 5.92 Å². The molecule has 24 heavy (non-hydrogen) atoms. The van der Waals surface area contributed by atoms with E-state index in [2.05, 4.69) is 10.6 Å². The molecule has 2 N–H and O–H groups in total. The monoisotopic (exact) mass is 351 g/mol. The Morgan fingerprint density at radius 3 is 2.92 bits per heavy atom. The van der Waals surface area contributed by atoms with Gasteiger partial charge in [0.15, 0.2) is 0 Å². The van der Waals surface area contributed by atoms with Gasteiger partial charge < -0.3 is 20.3 Å². The van der Waals surface area contributed by atoms with Crippen LogP contribution in [0, 0.1) is 5.92 Å². The van der Waals surface area contributed by atoms with Crippen molar-refractivity contribution in [1.82, 2.24) is 15.5 Å². The van der Waals surface area contributed by atoms with Crippen LogP contribution in [-0.2, 0) is 14.3 Å². The molecular weight excluding hydrogens is 334 g/mol. The molecule has 128 valence electrons. The fraction of sp³-hybridized carbons (Fsp3) is 0.438. The van der Waals surface area contributed by atoms with E-state index in [9.17, 15) is 14.4 Å². The number of likely N-dealkylation sites (tertiary alicyclic amines) is 1. The highest BCUT2D eigenvalue weighted by atomic mass is 35.5. The van der Waals surface area contributed by atoms with E-state index in [0.717, 1.165) is 5.56 Å². The quantitative estimate of drug-likeness (QED) is 0.849. The predicted octanol–water partition coefficient (Wildman–Crippen LogP) is 1.08. The van der Waals surface area contributed by atoms with Crippen LogP contribution >= 0.6 is 11.6 Å². The van der Waals surface area contributed by atoms with Crippen LogP contribution in [0.25, 0.3) is 0 Å². The summed E-state index contributed by atoms with van der Waals surface area (Å²) < 4.78 is 4.78. The summed E-state index contributed by atoms with van der Waals surface area (Å²) in [6, 6.07) is 6.57. The van der Waals surface area contributed by atoms with Crippen LogP contribution in [0.2, 0.25) is 5.02 Å². The molecule has 0 aliphatic carbocycles. The Kier molecular flexibility index (Phi) is 4.62. The highest BCUT2D eigenvalue weighted by Crippen LogP contribution is 2.37. The van der Waals surface area contributed by atoms with E-state index in [0.29, 0.717) is 5.02 Å². The molecule has 2 saturated heterocycles. The van der Waals surface area contributed by atoms with Gasteiger partial charge in [-0.15, -0.1) is 0 Å². The molecule has 1 aromatic carbocycles. The number of amides is 3. The topological polar surface area (TPSA) is 87.7 Å². The van der Waals surface area contributed by atoms with Crippen LogP contribution in [-0.4, -0.2) is 49.0 Å². The number of rotatable bonds is 4. The van der Waals surface area contributed by atoms with Crippen LogP contribution in [0.3, 0.4) is 0 Å². The van der Waals surface area contributed by atoms with E-state index in [1.54, 1.807) is 30.1 Å². The van der Waals surface area contributed by atoms with Crippen molar-refractivity contribution in [3.05, 3.63) is 34.9 Å². The number of carbonyl (C=O) groups is 3. The Morgan fingerprint density at radius 1 is 1.46 bits per heavy atom. The Bertz CT molecular complexity index is 681. The Balaban J connectivity index is 1.71. The molecule has 8 heteroatoms. The first-order valence-electron chi connectivity index (χ1n) is 7.68. The molecule has 0 spiro atoms. The third kappa shape index (κ3) is 3.31. The largest absolute Gasteiger partial charge is 0.447 e. The van der Waals surface area contributed by atoms with Crippen molar-refractivity contribution >= 4 is 29.5 Å². The first-order valence-corrected chi connectivity index (χ1v) is 8.05. The third-order valence-electron chi connectivity index (χ3n) is 4.37. The zero-order chi connectivity index (χ0) is 17.3. The number of alkyl carbamates (subject to hydrolysis) is 1. The number of ether oxygens (including phenoxy) is 1. The molecule has 7 nitrogen and oxygen atoms in total. The lowest BCUT2D eigenvalue weighted by molar-refractivity contribution is -0.128. The molecule has 2 aliphatic rings. The zero-order valence-electron chi connectivity index (χ0n) is 13.1. The molecule has 0 saturated carbocycles. The van der Waals surface area contributed by atoms with Gasteiger partial charge in [-0.1, -0.05) is 23.7 Å². The van der Waals surface area contributed by atoms with Crippen molar-refractivity contribution in [1.29, 1.82) is 0 Å². The minimum Gasteiger partial charge on any atom is -0.447 e. The SMILES string of the molecule is CN1C(=O)C[C@H](C(=O)NC[C@H]2COC(=O)N2)[C@H]1c1cccc(Cl)c1. The molecule has 0 bridgehead atoms. The number of benzene rings is 1. The number of halogens is 1. The van der Waals surface area contributed by atoms with E-state index in [-0.39, 0.29) is 43.5 Å². The molecule has 0 unspecified atom stereocenters. The van der Waals surface area contributed by atoms with Gasteiger partial charge in [-0.2, -0.15) is 0 Å². The second-order valence-electron chi connectivity index (χ2n) is 6.00. The predicted molar refractivity (Wildman–Crippen MR) is 86.4 cm³/mol. The zero-order valence-corrected chi connectivity index (χ0v) is 13.9. The maximum Gasteiger partial charge on any atom is 0.407 e. The summed E-state index contributed by atoms with van der Waals surface area (Å²) in [6.45, 7) is 0.488. The number of hydrogen-bond acceptors (Lipinski definition) is 4. The van der Waals surface area contributed by atoms with Gasteiger partial charge in [-0.25, -0.2) is 4.79 Å². The summed E-state index contributed by atoms with van der Waals surface area (Å²) in [7, 11) is 1.69. The van der Waals surface area contributed by atoms with Gasteiger partial charge in [0.25, 0.3) is 0 Å². The summed E-state index contributed by atoms with van der Waals surface area (Å²) in [5.41, 5.74) is 0.827. The standard InChI is InChI=1S/C16H18ClN3O4/c1-20-13(21)6-12(14(20)9-3-2-4-10(17)5-9)15(22)18-7-11-8-24-16(23)19-11/h2-5,11-12,14H,6-8H2,1H3,(H,18,22)(H,19,23)/t11-,12-,14+/m0/s1. The fourth-order valence-corrected chi connectivity index (χ4v) is 3.34. The fourth-order valence-electron chi connectivity index (χ4n) is 3.14. The molecule has 3 rings (SSSR count). The summed E-state index contributed by atoms with van der Waals surface area (Å²) in [5, 5.41) is 5.95. The first kappa shape index (κ1) is 16.6. The lowest BCUT2D eigenvalue weighted by atomic mass is 9.93. The van der Waals surface area contributed by atoms with Crippen molar-refractivity contribution in [2.75, 3.05) is 20.2 Å². The highest BCUT2D eigenvalue weighted by molar-refractivity contribution is 6.30. The molecule has 1 aromatic rings. The molecule has 2 heterocycles. The van der Waals surface area contributed by atoms with E-state index in [4.69, 9.17) is 16.3 Å². The van der Waals surface area contributed by atoms with Gasteiger partial charge in [0.05, 0.1) is 18.0 Å². The third-order valence-corrected chi connectivity index (χ3v) is 4.61. The molecule has 2 aliphatic heterocycles. The number of hydrogen-bond donors (Lipinski definition) is 2. The van der Waals surface area contributed by atoms with Crippen LogP contribution in [0.5, 0.6) is 0 Å². The molecular formula is C16H18ClN3O4. The number of carbonyl (C=O) groups excluding carboxylic acids is 3. The molecule has 0 aromatic heterocycles. The average molecular weight is 352 g/mol. The minimum atomic E-state index is -0.501. The van der Waals surface area contributed by atoms with E-state index >= 15 is 0 Å². The van der Waals surface area contributed by atoms with Crippen molar-refractivity contribution in [3.8, 4) is 0 Å². The highest BCUT2D eigenvalue weighted by Gasteiger charge is 2.42. The second kappa shape index (κ2) is 6.68. The van der Waals surface area contributed by atoms with Gasteiger partial charge in [0, 0.05) is 25.0 Å². The van der Waals surface area contributed by atoms with Crippen molar-refractivity contribution < 1.29 is 19.1 Å². The van der Waals surface area contributed by atoms with Crippen molar-refractivity contribution in [2.45, 2.75) is 18.5 Å². The lowest BCUT2D eigenvalue weighted by Crippen LogP contribution is -2.42. The van der Waals surface area contributed by atoms with Gasteiger partial charge >= 0.3 is 6.09 Å². The van der Waals surface area contributed by atoms with E-state index < -0.39 is 12.0 Å². The van der Waals surface area contributed by atoms with E-state index in [1.165, 1.54) is 0 Å². The summed E-state index contributed by atoms with van der Waals surface area (Å²) >= 11 is 6.04. The Labute approximate surface area is 144 Å². The van der Waals surface area contributed by atoms with Gasteiger partial charge in [-0.05, 0) is 17.7 Å². The molecule has 3 amide bonds. The number of nitrogens with zero attached hydrogens (tertiary/aromatic N) is 1. The molecule has 3 atom stereocenters. The van der Waals surface area contributed by atoms with Gasteiger partial charge in [-0.3, -0.25) is 9.59 Å². The van der Waals surface area contributed by atoms with E-state index in [1.807, 2.05) is 6.07 Å². The number of cyclic esters (lactones) is 1. The Morgan fingerprint density at radius 2 is 2.25 bits per heavy atom. The normalized spacial score (nSPS) is 26.2. The molecule has 0 radical (unpaired) electrons. The maximum absolute atomic E-state index is 12.6. The summed E-state index contributed by atoms with van der Waals surface area (Å²) in [5.74, 6) is -0.810. The lowest BCUT2D eigenvalue weighted by Gasteiger charge is -2.25. The smallest absolute Gasteiger partial charge is 0.407 e. The Hall–Kier alpha value is -2.28.